The van der Waals surface area contributed by atoms with Gasteiger partial charge in [0.25, 0.3) is 5.91 Å². The zero-order valence-corrected chi connectivity index (χ0v) is 13.5. The van der Waals surface area contributed by atoms with Crippen LogP contribution in [0.25, 0.3) is 0 Å². The van der Waals surface area contributed by atoms with E-state index in [2.05, 4.69) is 10.6 Å². The smallest absolute Gasteiger partial charge is 0.310 e. The van der Waals surface area contributed by atoms with E-state index in [9.17, 15) is 19.7 Å². The van der Waals surface area contributed by atoms with E-state index in [0.29, 0.717) is 17.8 Å². The van der Waals surface area contributed by atoms with Gasteiger partial charge in [-0.1, -0.05) is 19.1 Å². The molecule has 2 amide bonds. The summed E-state index contributed by atoms with van der Waals surface area (Å²) in [6.07, 6.45) is 0.376. The molecule has 2 rings (SSSR count). The fourth-order valence-electron chi connectivity index (χ4n) is 1.96. The van der Waals surface area contributed by atoms with Gasteiger partial charge in [-0.25, -0.2) is 0 Å². The van der Waals surface area contributed by atoms with Crippen molar-refractivity contribution < 1.29 is 19.2 Å². The second kappa shape index (κ2) is 8.44. The van der Waals surface area contributed by atoms with Gasteiger partial charge in [-0.15, -0.1) is 0 Å². The molecule has 0 spiro atoms. The third kappa shape index (κ3) is 5.31. The van der Waals surface area contributed by atoms with Crippen molar-refractivity contribution in [3.8, 4) is 5.75 Å². The highest BCUT2D eigenvalue weighted by molar-refractivity contribution is 5.93. The normalized spacial score (nSPS) is 9.96. The molecule has 8 heteroatoms. The lowest BCUT2D eigenvalue weighted by Crippen LogP contribution is -2.20. The van der Waals surface area contributed by atoms with Crippen LogP contribution < -0.4 is 15.4 Å². The summed E-state index contributed by atoms with van der Waals surface area (Å²) in [6, 6.07) is 12.4. The van der Waals surface area contributed by atoms with E-state index in [0.717, 1.165) is 0 Å². The van der Waals surface area contributed by atoms with Gasteiger partial charge in [0.15, 0.2) is 12.4 Å². The summed E-state index contributed by atoms with van der Waals surface area (Å²) >= 11 is 0. The van der Waals surface area contributed by atoms with Crippen LogP contribution in [0.5, 0.6) is 5.75 Å². The van der Waals surface area contributed by atoms with Crippen molar-refractivity contribution in [3.05, 3.63) is 58.6 Å². The van der Waals surface area contributed by atoms with Crippen molar-refractivity contribution in [1.29, 1.82) is 0 Å². The number of anilines is 2. The molecule has 2 aromatic rings. The van der Waals surface area contributed by atoms with Gasteiger partial charge in [-0.2, -0.15) is 0 Å². The lowest BCUT2D eigenvalue weighted by atomic mass is 10.2. The third-order valence-corrected chi connectivity index (χ3v) is 3.19. The van der Waals surface area contributed by atoms with Gasteiger partial charge in [0.05, 0.1) is 4.92 Å². The third-order valence-electron chi connectivity index (χ3n) is 3.19. The number of carbonyl (C=O) groups is 2. The molecule has 0 aromatic heterocycles. The van der Waals surface area contributed by atoms with E-state index >= 15 is 0 Å². The summed E-state index contributed by atoms with van der Waals surface area (Å²) < 4.78 is 5.21. The number of benzene rings is 2. The van der Waals surface area contributed by atoms with E-state index in [1.807, 2.05) is 0 Å². The van der Waals surface area contributed by atoms with Crippen molar-refractivity contribution in [2.45, 2.75) is 13.3 Å². The van der Waals surface area contributed by atoms with E-state index < -0.39 is 10.8 Å². The van der Waals surface area contributed by atoms with E-state index in [1.165, 1.54) is 18.2 Å². The Labute approximate surface area is 144 Å². The van der Waals surface area contributed by atoms with Crippen molar-refractivity contribution >= 4 is 28.9 Å². The molecule has 0 fully saturated rings. The molecule has 0 unspecified atom stereocenters. The maximum Gasteiger partial charge on any atom is 0.310 e. The van der Waals surface area contributed by atoms with E-state index in [1.54, 1.807) is 37.3 Å². The number of ether oxygens (including phenoxy) is 1. The van der Waals surface area contributed by atoms with Crippen molar-refractivity contribution in [2.24, 2.45) is 0 Å². The summed E-state index contributed by atoms with van der Waals surface area (Å²) in [5.41, 5.74) is 0.943. The van der Waals surface area contributed by atoms with Gasteiger partial charge in [-0.05, 0) is 30.3 Å². The van der Waals surface area contributed by atoms with Crippen LogP contribution in [0, 0.1) is 10.1 Å². The minimum absolute atomic E-state index is 0.0280. The highest BCUT2D eigenvalue weighted by Gasteiger charge is 2.15. The number of hydrogen-bond donors (Lipinski definition) is 2. The van der Waals surface area contributed by atoms with Crippen molar-refractivity contribution in [1.82, 2.24) is 0 Å². The molecular formula is C17H17N3O5. The van der Waals surface area contributed by atoms with E-state index in [4.69, 9.17) is 4.74 Å². The number of hydrogen-bond acceptors (Lipinski definition) is 5. The molecule has 0 heterocycles. The number of carbonyl (C=O) groups excluding carboxylic acids is 2. The molecule has 2 N–H and O–H groups in total. The highest BCUT2D eigenvalue weighted by atomic mass is 16.6. The fraction of sp³-hybridized carbons (Fsp3) is 0.176. The predicted molar refractivity (Wildman–Crippen MR) is 92.6 cm³/mol. The molecular weight excluding hydrogens is 326 g/mol. The van der Waals surface area contributed by atoms with Crippen LogP contribution in [0.3, 0.4) is 0 Å². The van der Waals surface area contributed by atoms with Crippen LogP contribution >= 0.6 is 0 Å². The van der Waals surface area contributed by atoms with Gasteiger partial charge in [-0.3, -0.25) is 19.7 Å². The minimum Gasteiger partial charge on any atom is -0.477 e. The summed E-state index contributed by atoms with van der Waals surface area (Å²) in [4.78, 5) is 33.5. The average Bonchev–Trinajstić information content (AvgIpc) is 2.61. The molecule has 0 bridgehead atoms. The van der Waals surface area contributed by atoms with Crippen LogP contribution in [0.15, 0.2) is 48.5 Å². The summed E-state index contributed by atoms with van der Waals surface area (Å²) in [5, 5.41) is 16.2. The summed E-state index contributed by atoms with van der Waals surface area (Å²) in [7, 11) is 0. The molecule has 8 nitrogen and oxygen atoms in total. The Kier molecular flexibility index (Phi) is 6.05. The molecule has 25 heavy (non-hydrogen) atoms. The second-order valence-electron chi connectivity index (χ2n) is 5.04. The van der Waals surface area contributed by atoms with Crippen molar-refractivity contribution in [2.75, 3.05) is 17.2 Å². The minimum atomic E-state index is -0.573. The molecule has 0 aliphatic heterocycles. The first kappa shape index (κ1) is 17.9. The fourth-order valence-corrected chi connectivity index (χ4v) is 1.96. The second-order valence-corrected chi connectivity index (χ2v) is 5.04. The number of nitrogens with one attached hydrogen (secondary N) is 2. The van der Waals surface area contributed by atoms with Gasteiger partial charge in [0.1, 0.15) is 0 Å². The standard InChI is InChI=1S/C17H17N3O5/c1-2-16(21)18-12-7-9-13(10-8-12)19-17(22)11-25-15-6-4-3-5-14(15)20(23)24/h3-10H,2,11H2,1H3,(H,18,21)(H,19,22). The quantitative estimate of drug-likeness (QED) is 0.593. The lowest BCUT2D eigenvalue weighted by Gasteiger charge is -2.09. The number of rotatable bonds is 7. The number of nitro benzene ring substituents is 1. The zero-order valence-electron chi connectivity index (χ0n) is 13.5. The maximum absolute atomic E-state index is 11.9. The Morgan fingerprint density at radius 1 is 1.00 bits per heavy atom. The molecule has 130 valence electrons. The predicted octanol–water partition coefficient (Wildman–Crippen LogP) is 2.96. The van der Waals surface area contributed by atoms with Crippen molar-refractivity contribution in [3.63, 3.8) is 0 Å². The molecule has 0 atom stereocenters. The monoisotopic (exact) mass is 343 g/mol. The number of amides is 2. The lowest BCUT2D eigenvalue weighted by molar-refractivity contribution is -0.385. The van der Waals surface area contributed by atoms with Crippen LogP contribution in [0.2, 0.25) is 0 Å². The van der Waals surface area contributed by atoms with Gasteiger partial charge < -0.3 is 15.4 Å². The highest BCUT2D eigenvalue weighted by Crippen LogP contribution is 2.25. The van der Waals surface area contributed by atoms with Crippen LogP contribution in [0.1, 0.15) is 13.3 Å². The topological polar surface area (TPSA) is 111 Å². The number of nitrogens with zero attached hydrogens (tertiary/aromatic N) is 1. The SMILES string of the molecule is CCC(=O)Nc1ccc(NC(=O)COc2ccccc2[N+](=O)[O-])cc1. The Morgan fingerprint density at radius 3 is 2.12 bits per heavy atom. The Bertz CT molecular complexity index is 774. The molecule has 0 aliphatic carbocycles. The van der Waals surface area contributed by atoms with Gasteiger partial charge >= 0.3 is 5.69 Å². The summed E-state index contributed by atoms with van der Waals surface area (Å²) in [6.45, 7) is 1.39. The van der Waals surface area contributed by atoms with Crippen LogP contribution in [-0.4, -0.2) is 23.3 Å². The largest absolute Gasteiger partial charge is 0.477 e. The van der Waals surface area contributed by atoms with Crippen LogP contribution in [0.4, 0.5) is 17.1 Å². The first-order valence-electron chi connectivity index (χ1n) is 7.55. The van der Waals surface area contributed by atoms with Gasteiger partial charge in [0.2, 0.25) is 5.91 Å². The number of para-hydroxylation sites is 2. The molecule has 2 aromatic carbocycles. The zero-order chi connectivity index (χ0) is 18.2. The molecule has 0 aliphatic rings. The van der Waals surface area contributed by atoms with Gasteiger partial charge in [0, 0.05) is 23.9 Å². The van der Waals surface area contributed by atoms with E-state index in [-0.39, 0.29) is 24.0 Å². The first-order chi connectivity index (χ1) is 12.0. The van der Waals surface area contributed by atoms with Crippen LogP contribution in [-0.2, 0) is 9.59 Å². The molecule has 0 saturated heterocycles. The molecule has 0 radical (unpaired) electrons. The Hall–Kier alpha value is -3.42. The average molecular weight is 343 g/mol. The molecule has 0 saturated carbocycles. The Morgan fingerprint density at radius 2 is 1.56 bits per heavy atom. The number of nitro groups is 1. The Balaban J connectivity index is 1.90. The first-order valence-corrected chi connectivity index (χ1v) is 7.55. The summed E-state index contributed by atoms with van der Waals surface area (Å²) in [5.74, 6) is -0.529. The maximum atomic E-state index is 11.9.